The average Bonchev–Trinajstić information content (AvgIpc) is 3.08. The minimum Gasteiger partial charge on any atom is -0.505 e. The van der Waals surface area contributed by atoms with Gasteiger partial charge in [-0.2, -0.15) is 0 Å². The Bertz CT molecular complexity index is 1350. The van der Waals surface area contributed by atoms with Gasteiger partial charge in [0.05, 0.1) is 40.5 Å². The Balaban J connectivity index is 1.98. The van der Waals surface area contributed by atoms with Crippen molar-refractivity contribution in [2.75, 3.05) is 0 Å². The largest absolute Gasteiger partial charge is 0.505 e. The molecule has 0 saturated carbocycles. The normalized spacial score (nSPS) is 27.5. The number of hydrogen-bond donors (Lipinski definition) is 1. The number of fused-ring (bicyclic) bond motifs is 6. The van der Waals surface area contributed by atoms with Crippen LogP contribution in [0.1, 0.15) is 21.5 Å². The van der Waals surface area contributed by atoms with E-state index in [1.54, 1.807) is 12.1 Å². The molecule has 3 aliphatic rings. The van der Waals surface area contributed by atoms with Gasteiger partial charge >= 0.3 is 5.97 Å². The molecule has 0 aromatic heterocycles. The summed E-state index contributed by atoms with van der Waals surface area (Å²) in [5.41, 5.74) is -1.09. The summed E-state index contributed by atoms with van der Waals surface area (Å²) in [6.07, 6.45) is 0.753. The van der Waals surface area contributed by atoms with Gasteiger partial charge < -0.3 is 14.6 Å². The molecule has 13 heteroatoms. The number of rotatable bonds is 0. The molecule has 4 unspecified atom stereocenters. The van der Waals surface area contributed by atoms with E-state index in [1.165, 1.54) is 0 Å². The number of hydrogen-bond acceptors (Lipinski definition) is 5. The fourth-order valence-electron chi connectivity index (χ4n) is 4.42. The predicted molar refractivity (Wildman–Crippen MR) is 139 cm³/mol. The Kier molecular flexibility index (Phi) is 6.18. The van der Waals surface area contributed by atoms with E-state index >= 15 is 0 Å². The summed E-state index contributed by atoms with van der Waals surface area (Å²) < 4.78 is 13.0. The molecular weight excluding hydrogens is 782 g/mol. The quantitative estimate of drug-likeness (QED) is 0.127. The number of phenols is 1. The van der Waals surface area contributed by atoms with Crippen molar-refractivity contribution in [1.82, 2.24) is 0 Å². The van der Waals surface area contributed by atoms with E-state index < -0.39 is 28.4 Å². The lowest BCUT2D eigenvalue weighted by Gasteiger charge is -2.48. The van der Waals surface area contributed by atoms with Crippen LogP contribution in [0.15, 0.2) is 25.6 Å². The van der Waals surface area contributed by atoms with Crippen molar-refractivity contribution in [1.29, 1.82) is 0 Å². The smallest absolute Gasteiger partial charge is 0.341 e. The molecule has 1 N–H and O–H groups in total. The van der Waals surface area contributed by atoms with Crippen molar-refractivity contribution in [2.45, 2.75) is 16.5 Å². The molecule has 0 amide bonds. The maximum atomic E-state index is 13.2. The first-order valence-electron chi connectivity index (χ1n) is 8.96. The summed E-state index contributed by atoms with van der Waals surface area (Å²) in [5.74, 6) is -1.76. The maximum absolute atomic E-state index is 13.2. The van der Waals surface area contributed by atoms with Crippen LogP contribution in [-0.2, 0) is 15.1 Å². The SMILES string of the molecule is O=C1OC2(c3cc(Br)c(O)c(Br)c3OC3C(Br)C(=O)C(Br)=CC32)c2c(Cl)c(Cl)c(Cl)c(Cl)c21. The molecule has 2 aromatic carbocycles. The van der Waals surface area contributed by atoms with Gasteiger partial charge in [-0.15, -0.1) is 0 Å². The third-order valence-electron chi connectivity index (χ3n) is 5.82. The zero-order valence-electron chi connectivity index (χ0n) is 15.5. The van der Waals surface area contributed by atoms with Crippen molar-refractivity contribution in [3.63, 3.8) is 0 Å². The summed E-state index contributed by atoms with van der Waals surface area (Å²) in [4.78, 5) is 25.1. The lowest BCUT2D eigenvalue weighted by Crippen LogP contribution is -2.55. The van der Waals surface area contributed by atoms with Crippen LogP contribution in [0.5, 0.6) is 11.5 Å². The Morgan fingerprint density at radius 2 is 1.64 bits per heavy atom. The second-order valence-corrected chi connectivity index (χ2v) is 12.4. The molecule has 2 heterocycles. The highest BCUT2D eigenvalue weighted by atomic mass is 79.9. The highest BCUT2D eigenvalue weighted by Gasteiger charge is 2.63. The molecule has 2 aliphatic heterocycles. The minimum atomic E-state index is -1.61. The molecule has 33 heavy (non-hydrogen) atoms. The molecule has 0 bridgehead atoms. The van der Waals surface area contributed by atoms with Crippen molar-refractivity contribution in [3.8, 4) is 11.5 Å². The number of carbonyl (C=O) groups excluding carboxylic acids is 2. The average molecular weight is 788 g/mol. The van der Waals surface area contributed by atoms with E-state index in [9.17, 15) is 14.7 Å². The number of ether oxygens (including phenoxy) is 2. The van der Waals surface area contributed by atoms with Gasteiger partial charge in [-0.3, -0.25) is 4.79 Å². The summed E-state index contributed by atoms with van der Waals surface area (Å²) in [6.45, 7) is 0. The Morgan fingerprint density at radius 3 is 2.30 bits per heavy atom. The topological polar surface area (TPSA) is 72.8 Å². The number of Topliss-reactive ketones (excluding diaryl/α,β-unsaturated/α-hetero) is 1. The Labute approximate surface area is 240 Å². The third-order valence-corrected chi connectivity index (χ3v) is 10.6. The molecule has 5 rings (SSSR count). The van der Waals surface area contributed by atoms with Gasteiger partial charge in [-0.05, 0) is 53.9 Å². The number of esters is 1. The molecule has 0 radical (unpaired) electrons. The fourth-order valence-corrected chi connectivity index (χ4v) is 8.23. The molecule has 1 aliphatic carbocycles. The molecule has 5 nitrogen and oxygen atoms in total. The van der Waals surface area contributed by atoms with Crippen LogP contribution < -0.4 is 4.74 Å². The monoisotopic (exact) mass is 782 g/mol. The highest BCUT2D eigenvalue weighted by molar-refractivity contribution is 9.12. The van der Waals surface area contributed by atoms with E-state index in [0.29, 0.717) is 10.0 Å². The zero-order chi connectivity index (χ0) is 24.1. The van der Waals surface area contributed by atoms with Gasteiger partial charge in [-0.25, -0.2) is 4.79 Å². The third kappa shape index (κ3) is 3.19. The van der Waals surface area contributed by atoms with Crippen molar-refractivity contribution >= 4 is 122 Å². The number of benzene rings is 2. The molecular formula is C20H6Br4Cl4O5. The van der Waals surface area contributed by atoms with Crippen LogP contribution in [0, 0.1) is 5.92 Å². The van der Waals surface area contributed by atoms with Gasteiger partial charge in [0.1, 0.15) is 26.9 Å². The van der Waals surface area contributed by atoms with Crippen molar-refractivity contribution in [3.05, 3.63) is 62.4 Å². The minimum absolute atomic E-state index is 0.0219. The number of phenolic OH excluding ortho intramolecular Hbond substituents is 1. The van der Waals surface area contributed by atoms with Crippen molar-refractivity contribution < 1.29 is 24.2 Å². The van der Waals surface area contributed by atoms with Gasteiger partial charge in [0.2, 0.25) is 0 Å². The van der Waals surface area contributed by atoms with Crippen molar-refractivity contribution in [2.24, 2.45) is 5.92 Å². The van der Waals surface area contributed by atoms with Gasteiger partial charge in [0.15, 0.2) is 11.4 Å². The lowest BCUT2D eigenvalue weighted by atomic mass is 9.68. The standard InChI is InChI=1S/C20H6Br4Cl4O5/c21-5-1-3-17(9(23)15(5)29)32-18-4(2-6(22)16(30)10(18)24)20(3)8-7(19(31)33-20)11(25)13(27)14(28)12(8)26/h1-3,9,17,30H. The van der Waals surface area contributed by atoms with Crippen LogP contribution in [0.4, 0.5) is 0 Å². The fraction of sp³-hybridized carbons (Fsp3) is 0.200. The maximum Gasteiger partial charge on any atom is 0.341 e. The summed E-state index contributed by atoms with van der Waals surface area (Å²) in [6, 6.07) is 1.56. The molecule has 2 aromatic rings. The van der Waals surface area contributed by atoms with Gasteiger partial charge in [-0.1, -0.05) is 68.4 Å². The number of aromatic hydroxyl groups is 1. The molecule has 0 fully saturated rings. The second-order valence-electron chi connectivity index (χ2n) is 7.42. The van der Waals surface area contributed by atoms with Crippen LogP contribution in [0.3, 0.4) is 0 Å². The Hall–Kier alpha value is -0.000000000000000222. The van der Waals surface area contributed by atoms with Gasteiger partial charge in [0.25, 0.3) is 0 Å². The van der Waals surface area contributed by atoms with E-state index in [1.807, 2.05) is 0 Å². The molecule has 0 saturated heterocycles. The van der Waals surface area contributed by atoms with E-state index in [-0.39, 0.29) is 57.5 Å². The first-order chi connectivity index (χ1) is 15.4. The number of allylic oxidation sites excluding steroid dienone is 1. The molecule has 172 valence electrons. The van der Waals surface area contributed by atoms with Crippen LogP contribution in [0.25, 0.3) is 0 Å². The van der Waals surface area contributed by atoms with Crippen LogP contribution in [-0.4, -0.2) is 27.8 Å². The molecule has 4 atom stereocenters. The van der Waals surface area contributed by atoms with Crippen LogP contribution >= 0.6 is 110 Å². The lowest BCUT2D eigenvalue weighted by molar-refractivity contribution is -0.119. The second kappa shape index (κ2) is 8.26. The van der Waals surface area contributed by atoms with Gasteiger partial charge in [0, 0.05) is 11.1 Å². The number of alkyl halides is 1. The van der Waals surface area contributed by atoms with E-state index in [4.69, 9.17) is 55.9 Å². The predicted octanol–water partition coefficient (Wildman–Crippen LogP) is 7.95. The zero-order valence-corrected chi connectivity index (χ0v) is 24.9. The van der Waals surface area contributed by atoms with E-state index in [0.717, 1.165) is 0 Å². The van der Waals surface area contributed by atoms with Crippen LogP contribution in [0.2, 0.25) is 20.1 Å². The summed E-state index contributed by atoms with van der Waals surface area (Å²) in [7, 11) is 0. The van der Waals surface area contributed by atoms with E-state index in [2.05, 4.69) is 63.7 Å². The first-order valence-corrected chi connectivity index (χ1v) is 13.8. The number of carbonyl (C=O) groups is 2. The summed E-state index contributed by atoms with van der Waals surface area (Å²) in [5, 5.41) is 10.3. The molecule has 1 spiro atoms. The first kappa shape index (κ1) is 24.7. The highest BCUT2D eigenvalue weighted by Crippen LogP contribution is 2.63. The summed E-state index contributed by atoms with van der Waals surface area (Å²) >= 11 is 39.1. The number of halogens is 8. The Morgan fingerprint density at radius 1 is 1.00 bits per heavy atom. The number of ketones is 1.